The molecule has 2 heterocycles. The smallest absolute Gasteiger partial charge is 0.271 e. The predicted molar refractivity (Wildman–Crippen MR) is 179 cm³/mol. The second kappa shape index (κ2) is 14.0. The molecule has 4 aromatic rings. The minimum Gasteiger partial charge on any atom is -0.394 e. The highest BCUT2D eigenvalue weighted by atomic mass is 16.5. The van der Waals surface area contributed by atoms with Crippen molar-refractivity contribution < 1.29 is 19.4 Å². The number of rotatable bonds is 8. The van der Waals surface area contributed by atoms with Crippen molar-refractivity contribution in [3.05, 3.63) is 95.7 Å². The topological polar surface area (TPSA) is 78.2 Å². The molecule has 0 spiro atoms. The average Bonchev–Trinajstić information content (AvgIpc) is 3.34. The third kappa shape index (κ3) is 6.69. The summed E-state index contributed by atoms with van der Waals surface area (Å²) in [6.45, 7) is 4.84. The number of benzene rings is 3. The maximum Gasteiger partial charge on any atom is 0.271 e. The second-order valence-corrected chi connectivity index (χ2v) is 12.7. The number of carbonyl (C=O) groups is 2. The second-order valence-electron chi connectivity index (χ2n) is 12.7. The minimum atomic E-state index is -0.411. The van der Waals surface area contributed by atoms with Crippen LogP contribution in [0.2, 0.25) is 0 Å². The van der Waals surface area contributed by atoms with Gasteiger partial charge in [-0.1, -0.05) is 79.7 Å². The van der Waals surface area contributed by atoms with Crippen LogP contribution in [0.1, 0.15) is 35.5 Å². The zero-order valence-corrected chi connectivity index (χ0v) is 27.3. The molecule has 2 amide bonds. The number of fused-ring (bicyclic) bond motifs is 5. The molecule has 5 rings (SSSR count). The number of aliphatic hydroxyl groups is 1. The number of amides is 2. The van der Waals surface area contributed by atoms with Gasteiger partial charge in [0.1, 0.15) is 5.69 Å². The Labute approximate surface area is 266 Å². The highest BCUT2D eigenvalue weighted by molar-refractivity contribution is 6.10. The van der Waals surface area contributed by atoms with Crippen molar-refractivity contribution in [3.63, 3.8) is 0 Å². The summed E-state index contributed by atoms with van der Waals surface area (Å²) in [5.41, 5.74) is 5.47. The van der Waals surface area contributed by atoms with E-state index >= 15 is 0 Å². The molecule has 0 bridgehead atoms. The van der Waals surface area contributed by atoms with Gasteiger partial charge in [-0.25, -0.2) is 0 Å². The number of para-hydroxylation sites is 1. The third-order valence-corrected chi connectivity index (χ3v) is 9.24. The van der Waals surface area contributed by atoms with E-state index < -0.39 is 6.04 Å². The SMILES string of the molecule is C[C@@H]1CN([C@H](C)CO)C(=O)c2c(c3ccccc3n2C)-c2ccccc2CO[C@@H]1CN(C)C(=O)[C@@H](Cc1ccccc1)N(C)C. The summed E-state index contributed by atoms with van der Waals surface area (Å²) in [5, 5.41) is 11.3. The molecule has 238 valence electrons. The van der Waals surface area contributed by atoms with Gasteiger partial charge >= 0.3 is 0 Å². The lowest BCUT2D eigenvalue weighted by Gasteiger charge is -2.36. The Morgan fingerprint density at radius 3 is 2.38 bits per heavy atom. The van der Waals surface area contributed by atoms with Crippen LogP contribution in [0.5, 0.6) is 0 Å². The first-order valence-corrected chi connectivity index (χ1v) is 15.8. The van der Waals surface area contributed by atoms with E-state index in [0.717, 1.165) is 33.2 Å². The van der Waals surface area contributed by atoms with Gasteiger partial charge in [0.15, 0.2) is 0 Å². The Kier molecular flexibility index (Phi) is 10.1. The zero-order valence-electron chi connectivity index (χ0n) is 27.3. The molecule has 0 radical (unpaired) electrons. The quantitative estimate of drug-likeness (QED) is 0.309. The van der Waals surface area contributed by atoms with Crippen LogP contribution >= 0.6 is 0 Å². The lowest BCUT2D eigenvalue weighted by Crippen LogP contribution is -2.50. The maximum absolute atomic E-state index is 14.6. The van der Waals surface area contributed by atoms with Gasteiger partial charge < -0.3 is 24.2 Å². The molecule has 0 unspecified atom stereocenters. The first kappa shape index (κ1) is 32.4. The molecule has 1 aliphatic heterocycles. The molecule has 8 nitrogen and oxygen atoms in total. The van der Waals surface area contributed by atoms with Crippen LogP contribution in [0.4, 0.5) is 0 Å². The van der Waals surface area contributed by atoms with Crippen LogP contribution in [0.15, 0.2) is 78.9 Å². The average molecular weight is 611 g/mol. The Balaban J connectivity index is 1.52. The fraction of sp³-hybridized carbons (Fsp3) is 0.405. The summed E-state index contributed by atoms with van der Waals surface area (Å²) in [6.07, 6.45) is 0.249. The van der Waals surface area contributed by atoms with Gasteiger partial charge in [-0.2, -0.15) is 0 Å². The van der Waals surface area contributed by atoms with Crippen LogP contribution in [-0.2, 0) is 29.6 Å². The lowest BCUT2D eigenvalue weighted by atomic mass is 9.96. The summed E-state index contributed by atoms with van der Waals surface area (Å²) in [4.78, 5) is 34.0. The van der Waals surface area contributed by atoms with E-state index in [0.29, 0.717) is 31.8 Å². The van der Waals surface area contributed by atoms with E-state index in [9.17, 15) is 14.7 Å². The summed E-state index contributed by atoms with van der Waals surface area (Å²) in [5.74, 6) is -0.244. The fourth-order valence-corrected chi connectivity index (χ4v) is 6.47. The van der Waals surface area contributed by atoms with Crippen LogP contribution in [0.25, 0.3) is 22.0 Å². The Morgan fingerprint density at radius 1 is 1.00 bits per heavy atom. The van der Waals surface area contributed by atoms with Crippen molar-refractivity contribution in [3.8, 4) is 11.1 Å². The van der Waals surface area contributed by atoms with Gasteiger partial charge in [-0.05, 0) is 50.2 Å². The van der Waals surface area contributed by atoms with Crippen LogP contribution in [0, 0.1) is 5.92 Å². The largest absolute Gasteiger partial charge is 0.394 e. The van der Waals surface area contributed by atoms with Gasteiger partial charge in [-0.15, -0.1) is 0 Å². The molecule has 0 saturated heterocycles. The number of nitrogens with zero attached hydrogens (tertiary/aromatic N) is 4. The Bertz CT molecular complexity index is 1630. The summed E-state index contributed by atoms with van der Waals surface area (Å²) >= 11 is 0. The molecular weight excluding hydrogens is 564 g/mol. The molecule has 0 aliphatic carbocycles. The molecule has 0 saturated carbocycles. The van der Waals surface area contributed by atoms with Gasteiger partial charge in [0.2, 0.25) is 5.91 Å². The predicted octanol–water partition coefficient (Wildman–Crippen LogP) is 4.83. The number of likely N-dealkylation sites (N-methyl/N-ethyl adjacent to an activating group) is 2. The maximum atomic E-state index is 14.6. The number of aliphatic hydroxyl groups excluding tert-OH is 1. The molecule has 8 heteroatoms. The number of aryl methyl sites for hydroxylation is 1. The molecule has 4 atom stereocenters. The van der Waals surface area contributed by atoms with Gasteiger partial charge in [0, 0.05) is 49.6 Å². The molecule has 1 N–H and O–H groups in total. The highest BCUT2D eigenvalue weighted by Gasteiger charge is 2.34. The minimum absolute atomic E-state index is 0.0184. The molecule has 45 heavy (non-hydrogen) atoms. The molecule has 3 aromatic carbocycles. The standard InChI is InChI=1S/C37H46N4O4/c1-25-21-41(26(2)23-42)37(44)35-34(30-18-12-13-19-31(30)40(35)6)29-17-11-10-16-28(29)24-45-33(25)22-39(5)36(43)32(38(3)4)20-27-14-8-7-9-15-27/h7-19,25-26,32-33,42H,20-24H2,1-6H3/t25-,26-,32-,33-/m1/s1. The van der Waals surface area contributed by atoms with Crippen molar-refractivity contribution >= 4 is 22.7 Å². The summed E-state index contributed by atoms with van der Waals surface area (Å²) < 4.78 is 8.68. The van der Waals surface area contributed by atoms with E-state index in [1.54, 1.807) is 9.80 Å². The fourth-order valence-electron chi connectivity index (χ4n) is 6.47. The number of carbonyl (C=O) groups excluding carboxylic acids is 2. The summed E-state index contributed by atoms with van der Waals surface area (Å²) in [6, 6.07) is 25.5. The van der Waals surface area contributed by atoms with E-state index in [1.807, 2.05) is 111 Å². The van der Waals surface area contributed by atoms with Crippen LogP contribution in [0.3, 0.4) is 0 Å². The zero-order chi connectivity index (χ0) is 32.2. The molecular formula is C37H46N4O4. The highest BCUT2D eigenvalue weighted by Crippen LogP contribution is 2.38. The van der Waals surface area contributed by atoms with Crippen molar-refractivity contribution in [2.45, 2.75) is 45.1 Å². The first-order chi connectivity index (χ1) is 21.6. The van der Waals surface area contributed by atoms with Crippen molar-refractivity contribution in [1.29, 1.82) is 0 Å². The molecule has 0 fully saturated rings. The normalized spacial score (nSPS) is 18.7. The lowest BCUT2D eigenvalue weighted by molar-refractivity contribution is -0.137. The van der Waals surface area contributed by atoms with Crippen LogP contribution in [-0.4, -0.2) is 95.2 Å². The first-order valence-electron chi connectivity index (χ1n) is 15.8. The van der Waals surface area contributed by atoms with Gasteiger partial charge in [0.25, 0.3) is 5.91 Å². The number of ether oxygens (including phenoxy) is 1. The van der Waals surface area contributed by atoms with E-state index in [2.05, 4.69) is 19.1 Å². The van der Waals surface area contributed by atoms with Crippen molar-refractivity contribution in [1.82, 2.24) is 19.3 Å². The van der Waals surface area contributed by atoms with E-state index in [-0.39, 0.29) is 36.5 Å². The summed E-state index contributed by atoms with van der Waals surface area (Å²) in [7, 11) is 7.64. The van der Waals surface area contributed by atoms with Crippen LogP contribution < -0.4 is 0 Å². The number of aromatic nitrogens is 1. The van der Waals surface area contributed by atoms with Crippen molar-refractivity contribution in [2.75, 3.05) is 40.8 Å². The number of hydrogen-bond acceptors (Lipinski definition) is 5. The van der Waals surface area contributed by atoms with Gasteiger partial charge in [-0.3, -0.25) is 14.5 Å². The van der Waals surface area contributed by atoms with Gasteiger partial charge in [0.05, 0.1) is 31.4 Å². The van der Waals surface area contributed by atoms with Crippen molar-refractivity contribution in [2.24, 2.45) is 13.0 Å². The van der Waals surface area contributed by atoms with E-state index in [4.69, 9.17) is 4.74 Å². The molecule has 1 aromatic heterocycles. The Morgan fingerprint density at radius 2 is 1.67 bits per heavy atom. The third-order valence-electron chi connectivity index (χ3n) is 9.24. The van der Waals surface area contributed by atoms with E-state index in [1.165, 1.54) is 0 Å². The number of hydrogen-bond donors (Lipinski definition) is 1. The Hall–Kier alpha value is -3.98. The molecule has 1 aliphatic rings. The monoisotopic (exact) mass is 610 g/mol.